The molecule has 1 atom stereocenters. The SMILES string of the molecule is CCC(C(=O)O)C(=O)NC(=O)c1ccc(O)c(OC)c1. The minimum atomic E-state index is -1.29. The van der Waals surface area contributed by atoms with Gasteiger partial charge in [-0.15, -0.1) is 0 Å². The van der Waals surface area contributed by atoms with E-state index in [0.717, 1.165) is 0 Å². The van der Waals surface area contributed by atoms with Crippen molar-refractivity contribution in [1.82, 2.24) is 5.32 Å². The fourth-order valence-electron chi connectivity index (χ4n) is 1.56. The maximum atomic E-state index is 11.8. The molecule has 1 aromatic carbocycles. The first-order valence-corrected chi connectivity index (χ1v) is 5.85. The number of amides is 2. The maximum Gasteiger partial charge on any atom is 0.316 e. The Bertz CT molecular complexity index is 540. The number of hydrogen-bond acceptors (Lipinski definition) is 5. The Morgan fingerprint density at radius 2 is 2.00 bits per heavy atom. The van der Waals surface area contributed by atoms with Gasteiger partial charge in [-0.25, -0.2) is 0 Å². The number of ether oxygens (including phenoxy) is 1. The Morgan fingerprint density at radius 1 is 1.35 bits per heavy atom. The predicted molar refractivity (Wildman–Crippen MR) is 68.5 cm³/mol. The quantitative estimate of drug-likeness (QED) is 0.687. The van der Waals surface area contributed by atoms with Crippen molar-refractivity contribution in [1.29, 1.82) is 0 Å². The summed E-state index contributed by atoms with van der Waals surface area (Å²) in [5.41, 5.74) is 0.0771. The van der Waals surface area contributed by atoms with Gasteiger partial charge in [-0.05, 0) is 24.6 Å². The summed E-state index contributed by atoms with van der Waals surface area (Å²) in [5, 5.41) is 20.2. The first-order chi connectivity index (χ1) is 9.40. The van der Waals surface area contributed by atoms with Gasteiger partial charge in [0.2, 0.25) is 5.91 Å². The van der Waals surface area contributed by atoms with Gasteiger partial charge in [0.05, 0.1) is 7.11 Å². The molecule has 7 nitrogen and oxygen atoms in total. The van der Waals surface area contributed by atoms with Crippen molar-refractivity contribution in [3.63, 3.8) is 0 Å². The molecule has 0 heterocycles. The van der Waals surface area contributed by atoms with Crippen molar-refractivity contribution >= 4 is 17.8 Å². The van der Waals surface area contributed by atoms with Crippen LogP contribution in [-0.2, 0) is 9.59 Å². The van der Waals surface area contributed by atoms with Crippen LogP contribution in [0.25, 0.3) is 0 Å². The number of imide groups is 1. The molecule has 1 unspecified atom stereocenters. The highest BCUT2D eigenvalue weighted by molar-refractivity contribution is 6.09. The van der Waals surface area contributed by atoms with Crippen LogP contribution >= 0.6 is 0 Å². The third-order valence-corrected chi connectivity index (χ3v) is 2.70. The van der Waals surface area contributed by atoms with E-state index in [2.05, 4.69) is 0 Å². The second-order valence-electron chi connectivity index (χ2n) is 4.00. The zero-order valence-electron chi connectivity index (χ0n) is 11.0. The standard InChI is InChI=1S/C13H15NO6/c1-3-8(13(18)19)12(17)14-11(16)7-4-5-9(15)10(6-7)20-2/h4-6,8,15H,3H2,1-2H3,(H,18,19)(H,14,16,17). The number of benzene rings is 1. The molecule has 20 heavy (non-hydrogen) atoms. The van der Waals surface area contributed by atoms with Crippen LogP contribution in [0.5, 0.6) is 11.5 Å². The van der Waals surface area contributed by atoms with Gasteiger partial charge in [0.15, 0.2) is 11.5 Å². The number of carboxylic acid groups (broad SMARTS) is 1. The van der Waals surface area contributed by atoms with Crippen LogP contribution in [0.2, 0.25) is 0 Å². The van der Waals surface area contributed by atoms with Gasteiger partial charge < -0.3 is 14.9 Å². The van der Waals surface area contributed by atoms with E-state index in [1.54, 1.807) is 0 Å². The topological polar surface area (TPSA) is 113 Å². The lowest BCUT2D eigenvalue weighted by molar-refractivity contribution is -0.146. The van der Waals surface area contributed by atoms with Crippen LogP contribution in [0, 0.1) is 5.92 Å². The molecular weight excluding hydrogens is 266 g/mol. The average Bonchev–Trinajstić information content (AvgIpc) is 2.39. The zero-order valence-corrected chi connectivity index (χ0v) is 11.0. The molecule has 0 bridgehead atoms. The Morgan fingerprint density at radius 3 is 2.50 bits per heavy atom. The van der Waals surface area contributed by atoms with E-state index in [9.17, 15) is 19.5 Å². The molecule has 0 saturated heterocycles. The van der Waals surface area contributed by atoms with Crippen molar-refractivity contribution < 1.29 is 29.3 Å². The van der Waals surface area contributed by atoms with Crippen molar-refractivity contribution in [2.45, 2.75) is 13.3 Å². The molecule has 0 saturated carbocycles. The Kier molecular flexibility index (Phi) is 5.08. The highest BCUT2D eigenvalue weighted by Crippen LogP contribution is 2.26. The molecule has 3 N–H and O–H groups in total. The van der Waals surface area contributed by atoms with Gasteiger partial charge in [-0.1, -0.05) is 6.92 Å². The third kappa shape index (κ3) is 3.47. The molecule has 0 radical (unpaired) electrons. The lowest BCUT2D eigenvalue weighted by Gasteiger charge is -2.10. The van der Waals surface area contributed by atoms with Gasteiger partial charge in [0, 0.05) is 5.56 Å². The van der Waals surface area contributed by atoms with E-state index in [4.69, 9.17) is 9.84 Å². The minimum Gasteiger partial charge on any atom is -0.504 e. The Labute approximate surface area is 115 Å². The first-order valence-electron chi connectivity index (χ1n) is 5.85. The van der Waals surface area contributed by atoms with Crippen molar-refractivity contribution in [3.8, 4) is 11.5 Å². The third-order valence-electron chi connectivity index (χ3n) is 2.70. The van der Waals surface area contributed by atoms with E-state index < -0.39 is 23.7 Å². The maximum absolute atomic E-state index is 11.8. The summed E-state index contributed by atoms with van der Waals surface area (Å²) in [6, 6.07) is 3.79. The molecule has 0 aliphatic rings. The number of carbonyl (C=O) groups is 3. The summed E-state index contributed by atoms with van der Waals surface area (Å²) >= 11 is 0. The van der Waals surface area contributed by atoms with Crippen molar-refractivity contribution in [2.75, 3.05) is 7.11 Å². The molecule has 2 amide bonds. The molecule has 0 aliphatic heterocycles. The number of methoxy groups -OCH3 is 1. The highest BCUT2D eigenvalue weighted by atomic mass is 16.5. The number of carbonyl (C=O) groups excluding carboxylic acids is 2. The summed E-state index contributed by atoms with van der Waals surface area (Å²) in [5.74, 6) is -4.27. The van der Waals surface area contributed by atoms with E-state index in [0.29, 0.717) is 0 Å². The number of phenols is 1. The smallest absolute Gasteiger partial charge is 0.316 e. The van der Waals surface area contributed by atoms with E-state index in [1.165, 1.54) is 32.2 Å². The molecule has 0 aromatic heterocycles. The molecule has 0 spiro atoms. The van der Waals surface area contributed by atoms with Gasteiger partial charge in [0.1, 0.15) is 5.92 Å². The predicted octanol–water partition coefficient (Wildman–Crippen LogP) is 0.768. The van der Waals surface area contributed by atoms with E-state index >= 15 is 0 Å². The second kappa shape index (κ2) is 6.55. The number of carboxylic acids is 1. The van der Waals surface area contributed by atoms with Crippen LogP contribution < -0.4 is 10.1 Å². The van der Waals surface area contributed by atoms with Gasteiger partial charge in [-0.2, -0.15) is 0 Å². The number of hydrogen-bond donors (Lipinski definition) is 3. The number of rotatable bonds is 5. The number of phenolic OH excluding ortho intramolecular Hbond substituents is 1. The summed E-state index contributed by atoms with van der Waals surface area (Å²) in [6.07, 6.45) is 0.0767. The lowest BCUT2D eigenvalue weighted by atomic mass is 10.1. The van der Waals surface area contributed by atoms with E-state index in [-0.39, 0.29) is 23.5 Å². The van der Waals surface area contributed by atoms with Crippen LogP contribution in [-0.4, -0.2) is 35.1 Å². The van der Waals surface area contributed by atoms with E-state index in [1.807, 2.05) is 5.32 Å². The Balaban J connectivity index is 2.86. The molecule has 108 valence electrons. The monoisotopic (exact) mass is 281 g/mol. The largest absolute Gasteiger partial charge is 0.504 e. The average molecular weight is 281 g/mol. The summed E-state index contributed by atoms with van der Waals surface area (Å²) in [4.78, 5) is 34.3. The molecule has 7 heteroatoms. The summed E-state index contributed by atoms with van der Waals surface area (Å²) < 4.78 is 4.84. The van der Waals surface area contributed by atoms with Crippen LogP contribution in [0.15, 0.2) is 18.2 Å². The van der Waals surface area contributed by atoms with Crippen molar-refractivity contribution in [2.24, 2.45) is 5.92 Å². The molecule has 0 fully saturated rings. The van der Waals surface area contributed by atoms with Gasteiger partial charge in [-0.3, -0.25) is 19.7 Å². The number of nitrogens with one attached hydrogen (secondary N) is 1. The Hall–Kier alpha value is -2.57. The first kappa shape index (κ1) is 15.5. The van der Waals surface area contributed by atoms with Crippen LogP contribution in [0.1, 0.15) is 23.7 Å². The van der Waals surface area contributed by atoms with Crippen LogP contribution in [0.3, 0.4) is 0 Å². The highest BCUT2D eigenvalue weighted by Gasteiger charge is 2.26. The van der Waals surface area contributed by atoms with Crippen LogP contribution in [0.4, 0.5) is 0 Å². The minimum absolute atomic E-state index is 0.0767. The number of aliphatic carboxylic acids is 1. The zero-order chi connectivity index (χ0) is 15.3. The second-order valence-corrected chi connectivity index (χ2v) is 4.00. The normalized spacial score (nSPS) is 11.5. The molecular formula is C13H15NO6. The fourth-order valence-corrected chi connectivity index (χ4v) is 1.56. The fraction of sp³-hybridized carbons (Fsp3) is 0.308. The van der Waals surface area contributed by atoms with Gasteiger partial charge in [0.25, 0.3) is 5.91 Å². The summed E-state index contributed by atoms with van der Waals surface area (Å²) in [6.45, 7) is 1.53. The molecule has 1 aromatic rings. The van der Waals surface area contributed by atoms with Crippen molar-refractivity contribution in [3.05, 3.63) is 23.8 Å². The van der Waals surface area contributed by atoms with Gasteiger partial charge >= 0.3 is 5.97 Å². The molecule has 0 aliphatic carbocycles. The summed E-state index contributed by atoms with van der Waals surface area (Å²) in [7, 11) is 1.32. The molecule has 1 rings (SSSR count). The number of aromatic hydroxyl groups is 1. The lowest BCUT2D eigenvalue weighted by Crippen LogP contribution is -2.38.